The Bertz CT molecular complexity index is 395. The molecule has 0 atom stereocenters. The van der Waals surface area contributed by atoms with Gasteiger partial charge in [-0.15, -0.1) is 0 Å². The number of hydrogen-bond acceptors (Lipinski definition) is 3. The molecule has 0 unspecified atom stereocenters. The number of benzene rings is 1. The maximum Gasteiger partial charge on any atom is 0.123 e. The van der Waals surface area contributed by atoms with Crippen LogP contribution in [-0.2, 0) is 6.61 Å². The SMILES string of the molecule is Oc1cccc(OCc2ccsc2)c1. The molecular weight excluding hydrogens is 196 g/mol. The first-order valence-electron chi connectivity index (χ1n) is 4.27. The Morgan fingerprint density at radius 1 is 1.29 bits per heavy atom. The van der Waals surface area contributed by atoms with Crippen molar-refractivity contribution in [3.63, 3.8) is 0 Å². The van der Waals surface area contributed by atoms with E-state index in [1.54, 1.807) is 29.5 Å². The second-order valence-electron chi connectivity index (χ2n) is 2.92. The predicted octanol–water partition coefficient (Wildman–Crippen LogP) is 3.03. The van der Waals surface area contributed by atoms with E-state index in [1.807, 2.05) is 22.9 Å². The smallest absolute Gasteiger partial charge is 0.123 e. The zero-order chi connectivity index (χ0) is 9.80. The molecule has 3 heteroatoms. The average Bonchev–Trinajstić information content (AvgIpc) is 2.67. The molecule has 0 radical (unpaired) electrons. The van der Waals surface area contributed by atoms with Gasteiger partial charge in [-0.25, -0.2) is 0 Å². The summed E-state index contributed by atoms with van der Waals surface area (Å²) in [5.74, 6) is 0.920. The van der Waals surface area contributed by atoms with Crippen LogP contribution in [0.2, 0.25) is 0 Å². The van der Waals surface area contributed by atoms with E-state index in [0.717, 1.165) is 5.56 Å². The van der Waals surface area contributed by atoms with E-state index in [4.69, 9.17) is 4.74 Å². The van der Waals surface area contributed by atoms with Crippen molar-refractivity contribution in [2.45, 2.75) is 6.61 Å². The number of rotatable bonds is 3. The summed E-state index contributed by atoms with van der Waals surface area (Å²) < 4.78 is 5.48. The monoisotopic (exact) mass is 206 g/mol. The second kappa shape index (κ2) is 4.15. The van der Waals surface area contributed by atoms with Crippen molar-refractivity contribution < 1.29 is 9.84 Å². The molecule has 2 aromatic rings. The van der Waals surface area contributed by atoms with E-state index in [1.165, 1.54) is 0 Å². The molecule has 0 aliphatic heterocycles. The van der Waals surface area contributed by atoms with Crippen molar-refractivity contribution in [2.75, 3.05) is 0 Å². The molecule has 1 heterocycles. The zero-order valence-corrected chi connectivity index (χ0v) is 8.33. The van der Waals surface area contributed by atoms with Gasteiger partial charge in [0.2, 0.25) is 0 Å². The molecule has 0 aliphatic rings. The fourth-order valence-corrected chi connectivity index (χ4v) is 1.77. The van der Waals surface area contributed by atoms with Gasteiger partial charge in [0.15, 0.2) is 0 Å². The molecule has 0 aliphatic carbocycles. The summed E-state index contributed by atoms with van der Waals surface area (Å²) in [6, 6.07) is 8.83. The average molecular weight is 206 g/mol. The largest absolute Gasteiger partial charge is 0.508 e. The summed E-state index contributed by atoms with van der Waals surface area (Å²) in [5, 5.41) is 13.3. The van der Waals surface area contributed by atoms with Crippen molar-refractivity contribution in [1.29, 1.82) is 0 Å². The van der Waals surface area contributed by atoms with E-state index in [2.05, 4.69) is 0 Å². The quantitative estimate of drug-likeness (QED) is 0.836. The number of hydrogen-bond donors (Lipinski definition) is 1. The summed E-state index contributed by atoms with van der Waals surface area (Å²) in [4.78, 5) is 0. The first-order valence-corrected chi connectivity index (χ1v) is 5.22. The molecule has 1 N–H and O–H groups in total. The van der Waals surface area contributed by atoms with Gasteiger partial charge in [0.05, 0.1) is 0 Å². The van der Waals surface area contributed by atoms with Crippen molar-refractivity contribution in [1.82, 2.24) is 0 Å². The lowest BCUT2D eigenvalue weighted by molar-refractivity contribution is 0.305. The number of thiophene rings is 1. The van der Waals surface area contributed by atoms with E-state index < -0.39 is 0 Å². The standard InChI is InChI=1S/C11H10O2S/c12-10-2-1-3-11(6-10)13-7-9-4-5-14-8-9/h1-6,8,12H,7H2. The normalized spacial score (nSPS) is 10.0. The van der Waals surface area contributed by atoms with Gasteiger partial charge in [-0.2, -0.15) is 11.3 Å². The number of phenolic OH excluding ortho intramolecular Hbond substituents is 1. The molecule has 0 bridgehead atoms. The van der Waals surface area contributed by atoms with E-state index in [9.17, 15) is 5.11 Å². The highest BCUT2D eigenvalue weighted by Gasteiger charge is 1.96. The van der Waals surface area contributed by atoms with Crippen molar-refractivity contribution >= 4 is 11.3 Å². The molecule has 14 heavy (non-hydrogen) atoms. The highest BCUT2D eigenvalue weighted by molar-refractivity contribution is 7.07. The van der Waals surface area contributed by atoms with Gasteiger partial charge in [0.1, 0.15) is 18.1 Å². The minimum atomic E-state index is 0.229. The van der Waals surface area contributed by atoms with Crippen LogP contribution in [-0.4, -0.2) is 5.11 Å². The van der Waals surface area contributed by atoms with Gasteiger partial charge in [0.25, 0.3) is 0 Å². The molecule has 0 amide bonds. The summed E-state index contributed by atoms with van der Waals surface area (Å²) in [7, 11) is 0. The van der Waals surface area contributed by atoms with Crippen molar-refractivity contribution in [2.24, 2.45) is 0 Å². The van der Waals surface area contributed by atoms with Gasteiger partial charge in [-0.1, -0.05) is 6.07 Å². The molecule has 2 rings (SSSR count). The van der Waals surface area contributed by atoms with E-state index in [0.29, 0.717) is 12.4 Å². The zero-order valence-electron chi connectivity index (χ0n) is 7.51. The Labute approximate surface area is 86.4 Å². The first-order chi connectivity index (χ1) is 6.84. The van der Waals surface area contributed by atoms with Crippen LogP contribution < -0.4 is 4.74 Å². The third-order valence-corrected chi connectivity index (χ3v) is 2.54. The minimum Gasteiger partial charge on any atom is -0.508 e. The van der Waals surface area contributed by atoms with Crippen LogP contribution in [0.3, 0.4) is 0 Å². The molecular formula is C11H10O2S. The van der Waals surface area contributed by atoms with Crippen LogP contribution in [0.1, 0.15) is 5.56 Å². The maximum absolute atomic E-state index is 9.19. The second-order valence-corrected chi connectivity index (χ2v) is 3.70. The van der Waals surface area contributed by atoms with Crippen LogP contribution in [0.25, 0.3) is 0 Å². The van der Waals surface area contributed by atoms with E-state index in [-0.39, 0.29) is 5.75 Å². The summed E-state index contributed by atoms with van der Waals surface area (Å²) in [5.41, 5.74) is 1.15. The first kappa shape index (κ1) is 9.09. The Morgan fingerprint density at radius 2 is 2.21 bits per heavy atom. The van der Waals surface area contributed by atoms with Gasteiger partial charge in [-0.05, 0) is 34.5 Å². The number of ether oxygens (including phenoxy) is 1. The third kappa shape index (κ3) is 2.26. The summed E-state index contributed by atoms with van der Waals surface area (Å²) >= 11 is 1.65. The minimum absolute atomic E-state index is 0.229. The lowest BCUT2D eigenvalue weighted by Gasteiger charge is -2.04. The van der Waals surface area contributed by atoms with Gasteiger partial charge < -0.3 is 9.84 Å². The lowest BCUT2D eigenvalue weighted by Crippen LogP contribution is -1.92. The highest BCUT2D eigenvalue weighted by Crippen LogP contribution is 2.19. The topological polar surface area (TPSA) is 29.5 Å². The van der Waals surface area contributed by atoms with Crippen molar-refractivity contribution in [3.05, 3.63) is 46.7 Å². The fraction of sp³-hybridized carbons (Fsp3) is 0.0909. The Hall–Kier alpha value is -1.48. The van der Waals surface area contributed by atoms with Crippen LogP contribution in [0.15, 0.2) is 41.1 Å². The summed E-state index contributed by atoms with van der Waals surface area (Å²) in [6.45, 7) is 0.549. The molecule has 0 fully saturated rings. The van der Waals surface area contributed by atoms with Crippen LogP contribution >= 0.6 is 11.3 Å². The Morgan fingerprint density at radius 3 is 2.93 bits per heavy atom. The summed E-state index contributed by atoms with van der Waals surface area (Å²) in [6.07, 6.45) is 0. The predicted molar refractivity (Wildman–Crippen MR) is 56.8 cm³/mol. The van der Waals surface area contributed by atoms with Crippen LogP contribution in [0, 0.1) is 0 Å². The highest BCUT2D eigenvalue weighted by atomic mass is 32.1. The molecule has 2 nitrogen and oxygen atoms in total. The lowest BCUT2D eigenvalue weighted by atomic mass is 10.3. The molecule has 1 aromatic heterocycles. The van der Waals surface area contributed by atoms with Gasteiger partial charge in [-0.3, -0.25) is 0 Å². The third-order valence-electron chi connectivity index (χ3n) is 1.80. The molecule has 1 aromatic carbocycles. The molecule has 72 valence electrons. The molecule has 0 saturated carbocycles. The number of phenols is 1. The van der Waals surface area contributed by atoms with Crippen LogP contribution in [0.4, 0.5) is 0 Å². The molecule has 0 saturated heterocycles. The Balaban J connectivity index is 1.98. The van der Waals surface area contributed by atoms with Gasteiger partial charge >= 0.3 is 0 Å². The maximum atomic E-state index is 9.19. The van der Waals surface area contributed by atoms with E-state index >= 15 is 0 Å². The molecule has 0 spiro atoms. The Kier molecular flexibility index (Phi) is 2.70. The van der Waals surface area contributed by atoms with Crippen LogP contribution in [0.5, 0.6) is 11.5 Å². The van der Waals surface area contributed by atoms with Crippen molar-refractivity contribution in [3.8, 4) is 11.5 Å². The number of aromatic hydroxyl groups is 1. The van der Waals surface area contributed by atoms with Gasteiger partial charge in [0, 0.05) is 6.07 Å². The fourth-order valence-electron chi connectivity index (χ4n) is 1.11.